The second-order valence-corrected chi connectivity index (χ2v) is 5.32. The van der Waals surface area contributed by atoms with Crippen molar-refractivity contribution in [1.29, 1.82) is 0 Å². The molecule has 2 aromatic rings. The number of aliphatic hydroxyl groups excluding tert-OH is 1. The molecule has 0 bridgehead atoms. The number of tetrazole rings is 1. The van der Waals surface area contributed by atoms with E-state index in [2.05, 4.69) is 20.4 Å². The number of piperidine rings is 1. The van der Waals surface area contributed by atoms with E-state index in [9.17, 15) is 5.11 Å². The average Bonchev–Trinajstić information content (AvgIpc) is 2.98. The van der Waals surface area contributed by atoms with Crippen molar-refractivity contribution < 1.29 is 5.11 Å². The number of hydrogen-bond donors (Lipinski definition) is 1. The van der Waals surface area contributed by atoms with Gasteiger partial charge in [0, 0.05) is 19.0 Å². The maximum absolute atomic E-state index is 9.79. The van der Waals surface area contributed by atoms with Crippen LogP contribution < -0.4 is 4.90 Å². The zero-order valence-corrected chi connectivity index (χ0v) is 11.6. The Hall–Kier alpha value is -1.95. The van der Waals surface area contributed by atoms with Crippen molar-refractivity contribution in [3.63, 3.8) is 0 Å². The molecule has 106 valence electrons. The molecule has 1 N–H and O–H groups in total. The first-order chi connectivity index (χ1) is 9.75. The van der Waals surface area contributed by atoms with Crippen molar-refractivity contribution in [3.8, 4) is 5.69 Å². The van der Waals surface area contributed by atoms with Crippen LogP contribution in [0.1, 0.15) is 19.8 Å². The van der Waals surface area contributed by atoms with Crippen LogP contribution in [0.5, 0.6) is 0 Å². The van der Waals surface area contributed by atoms with Crippen molar-refractivity contribution >= 4 is 5.95 Å². The number of rotatable bonds is 3. The topological polar surface area (TPSA) is 67.1 Å². The number of anilines is 1. The minimum Gasteiger partial charge on any atom is -0.393 e. The first-order valence-corrected chi connectivity index (χ1v) is 7.02. The highest BCUT2D eigenvalue weighted by atomic mass is 16.3. The van der Waals surface area contributed by atoms with Gasteiger partial charge in [0.05, 0.1) is 11.8 Å². The van der Waals surface area contributed by atoms with E-state index in [0.717, 1.165) is 37.6 Å². The minimum absolute atomic E-state index is 0.282. The number of aromatic nitrogens is 4. The van der Waals surface area contributed by atoms with E-state index < -0.39 is 0 Å². The quantitative estimate of drug-likeness (QED) is 0.912. The van der Waals surface area contributed by atoms with Crippen LogP contribution in [-0.2, 0) is 0 Å². The van der Waals surface area contributed by atoms with Crippen molar-refractivity contribution in [3.05, 3.63) is 30.3 Å². The molecule has 1 aliphatic rings. The molecule has 3 rings (SSSR count). The van der Waals surface area contributed by atoms with Crippen LogP contribution in [0.15, 0.2) is 30.3 Å². The number of hydrogen-bond acceptors (Lipinski definition) is 5. The molecule has 0 aliphatic carbocycles. The highest BCUT2D eigenvalue weighted by molar-refractivity contribution is 5.40. The summed E-state index contributed by atoms with van der Waals surface area (Å²) in [6.07, 6.45) is 1.82. The predicted octanol–water partition coefficient (Wildman–Crippen LogP) is 1.26. The lowest BCUT2D eigenvalue weighted by Gasteiger charge is -2.34. The second-order valence-electron chi connectivity index (χ2n) is 5.32. The second kappa shape index (κ2) is 5.58. The molecule has 0 radical (unpaired) electrons. The van der Waals surface area contributed by atoms with Gasteiger partial charge in [-0.15, -0.1) is 0 Å². The Morgan fingerprint density at radius 3 is 2.85 bits per heavy atom. The van der Waals surface area contributed by atoms with Crippen molar-refractivity contribution in [1.82, 2.24) is 20.2 Å². The van der Waals surface area contributed by atoms with Gasteiger partial charge in [-0.1, -0.05) is 23.3 Å². The molecule has 0 amide bonds. The maximum Gasteiger partial charge on any atom is 0.250 e. The normalized spacial score (nSPS) is 20.9. The van der Waals surface area contributed by atoms with Crippen LogP contribution >= 0.6 is 0 Å². The molecular weight excluding hydrogens is 254 g/mol. The van der Waals surface area contributed by atoms with Crippen molar-refractivity contribution in [2.75, 3.05) is 18.0 Å². The summed E-state index contributed by atoms with van der Waals surface area (Å²) in [5, 5.41) is 21.8. The van der Waals surface area contributed by atoms with Crippen molar-refractivity contribution in [2.45, 2.75) is 25.9 Å². The molecule has 2 heterocycles. The summed E-state index contributed by atoms with van der Waals surface area (Å²) in [6.45, 7) is 3.58. The average molecular weight is 273 g/mol. The zero-order valence-electron chi connectivity index (χ0n) is 11.6. The van der Waals surface area contributed by atoms with Gasteiger partial charge in [-0.05, 0) is 42.3 Å². The van der Waals surface area contributed by atoms with Gasteiger partial charge in [-0.3, -0.25) is 0 Å². The third kappa shape index (κ3) is 2.51. The SMILES string of the molecule is CC(O)C1CCCN(c2nnnn2-c2ccccc2)C1. The summed E-state index contributed by atoms with van der Waals surface area (Å²) in [4.78, 5) is 2.16. The van der Waals surface area contributed by atoms with Gasteiger partial charge in [0.2, 0.25) is 5.95 Å². The Morgan fingerprint density at radius 1 is 1.30 bits per heavy atom. The third-order valence-corrected chi connectivity index (χ3v) is 3.88. The minimum atomic E-state index is -0.293. The fourth-order valence-corrected chi connectivity index (χ4v) is 2.70. The Morgan fingerprint density at radius 2 is 2.10 bits per heavy atom. The Balaban J connectivity index is 1.86. The summed E-state index contributed by atoms with van der Waals surface area (Å²) >= 11 is 0. The number of nitrogens with zero attached hydrogens (tertiary/aromatic N) is 5. The van der Waals surface area contributed by atoms with Crippen molar-refractivity contribution in [2.24, 2.45) is 5.92 Å². The summed E-state index contributed by atoms with van der Waals surface area (Å²) in [5.41, 5.74) is 0.951. The lowest BCUT2D eigenvalue weighted by molar-refractivity contribution is 0.114. The van der Waals surface area contributed by atoms with E-state index in [1.165, 1.54) is 0 Å². The van der Waals surface area contributed by atoms with Gasteiger partial charge in [-0.25, -0.2) is 0 Å². The molecule has 1 aromatic carbocycles. The van der Waals surface area contributed by atoms with Crippen LogP contribution in [0.25, 0.3) is 5.69 Å². The van der Waals surface area contributed by atoms with Crippen LogP contribution in [0.3, 0.4) is 0 Å². The maximum atomic E-state index is 9.79. The van der Waals surface area contributed by atoms with Gasteiger partial charge >= 0.3 is 0 Å². The lowest BCUT2D eigenvalue weighted by Crippen LogP contribution is -2.40. The Kier molecular flexibility index (Phi) is 3.64. The molecule has 1 saturated heterocycles. The molecule has 0 spiro atoms. The van der Waals surface area contributed by atoms with E-state index in [1.807, 2.05) is 37.3 Å². The number of para-hydroxylation sites is 1. The van der Waals surface area contributed by atoms with Gasteiger partial charge in [0.25, 0.3) is 0 Å². The predicted molar refractivity (Wildman–Crippen MR) is 75.8 cm³/mol. The number of aliphatic hydroxyl groups is 1. The third-order valence-electron chi connectivity index (χ3n) is 3.88. The molecule has 1 fully saturated rings. The fraction of sp³-hybridized carbons (Fsp3) is 0.500. The van der Waals surface area contributed by atoms with Gasteiger partial charge in [0.1, 0.15) is 0 Å². The molecule has 2 atom stereocenters. The standard InChI is InChI=1S/C14H19N5O/c1-11(20)12-6-5-9-18(10-12)14-15-16-17-19(14)13-7-3-2-4-8-13/h2-4,7-8,11-12,20H,5-6,9-10H2,1H3. The highest BCUT2D eigenvalue weighted by Gasteiger charge is 2.26. The smallest absolute Gasteiger partial charge is 0.250 e. The summed E-state index contributed by atoms with van der Waals surface area (Å²) in [5.74, 6) is 1.03. The zero-order chi connectivity index (χ0) is 13.9. The van der Waals surface area contributed by atoms with Crippen LogP contribution in [-0.4, -0.2) is 44.5 Å². The molecule has 2 unspecified atom stereocenters. The largest absolute Gasteiger partial charge is 0.393 e. The first kappa shape index (κ1) is 13.1. The van der Waals surface area contributed by atoms with Gasteiger partial charge in [-0.2, -0.15) is 4.68 Å². The first-order valence-electron chi connectivity index (χ1n) is 7.02. The summed E-state index contributed by atoms with van der Waals surface area (Å²) < 4.78 is 1.75. The van der Waals surface area contributed by atoms with E-state index in [-0.39, 0.29) is 12.0 Å². The van der Waals surface area contributed by atoms with Crippen LogP contribution in [0.4, 0.5) is 5.95 Å². The molecule has 6 nitrogen and oxygen atoms in total. The van der Waals surface area contributed by atoms with Gasteiger partial charge in [0.15, 0.2) is 0 Å². The number of benzene rings is 1. The van der Waals surface area contributed by atoms with E-state index in [4.69, 9.17) is 0 Å². The monoisotopic (exact) mass is 273 g/mol. The molecule has 0 saturated carbocycles. The van der Waals surface area contributed by atoms with Gasteiger partial charge < -0.3 is 10.0 Å². The van der Waals surface area contributed by atoms with Crippen LogP contribution in [0, 0.1) is 5.92 Å². The van der Waals surface area contributed by atoms with E-state index >= 15 is 0 Å². The lowest BCUT2D eigenvalue weighted by atomic mass is 9.94. The molecule has 20 heavy (non-hydrogen) atoms. The molecule has 1 aliphatic heterocycles. The van der Waals surface area contributed by atoms with Crippen LogP contribution in [0.2, 0.25) is 0 Å². The summed E-state index contributed by atoms with van der Waals surface area (Å²) in [7, 11) is 0. The molecular formula is C14H19N5O. The fourth-order valence-electron chi connectivity index (χ4n) is 2.70. The molecule has 6 heteroatoms. The van der Waals surface area contributed by atoms with E-state index in [0.29, 0.717) is 0 Å². The molecule has 1 aromatic heterocycles. The summed E-state index contributed by atoms with van der Waals surface area (Å²) in [6, 6.07) is 9.87. The highest BCUT2D eigenvalue weighted by Crippen LogP contribution is 2.24. The van der Waals surface area contributed by atoms with E-state index in [1.54, 1.807) is 4.68 Å². The Bertz CT molecular complexity index is 554. The Labute approximate surface area is 118 Å².